The Balaban J connectivity index is 1.30. The predicted molar refractivity (Wildman–Crippen MR) is 194 cm³/mol. The van der Waals surface area contributed by atoms with E-state index in [1.165, 1.54) is 18.1 Å². The summed E-state index contributed by atoms with van der Waals surface area (Å²) in [5.74, 6) is -7.27. The zero-order chi connectivity index (χ0) is 39.0. The van der Waals surface area contributed by atoms with Crippen LogP contribution < -0.4 is 10.2 Å². The molecular weight excluding hydrogens is 760 g/mol. The molecule has 2 aliphatic heterocycles. The van der Waals surface area contributed by atoms with Crippen LogP contribution in [0.4, 0.5) is 19.0 Å². The largest absolute Gasteiger partial charge is 0.508 e. The van der Waals surface area contributed by atoms with Crippen molar-refractivity contribution in [2.45, 2.75) is 36.9 Å². The van der Waals surface area contributed by atoms with Crippen molar-refractivity contribution in [2.24, 2.45) is 23.7 Å². The number of hydrogen-bond donors (Lipinski definition) is 2. The number of phenols is 1. The van der Waals surface area contributed by atoms with E-state index in [1.54, 1.807) is 36.4 Å². The van der Waals surface area contributed by atoms with Gasteiger partial charge in [0.1, 0.15) is 11.5 Å². The minimum Gasteiger partial charge on any atom is -0.508 e. The van der Waals surface area contributed by atoms with Crippen molar-refractivity contribution < 1.29 is 42.2 Å². The van der Waals surface area contributed by atoms with Crippen molar-refractivity contribution in [3.63, 3.8) is 0 Å². The maximum Gasteiger partial charge on any atom is 0.417 e. The number of aromatic hydroxyl groups is 1. The first-order valence-electron chi connectivity index (χ1n) is 17.4. The summed E-state index contributed by atoms with van der Waals surface area (Å²) >= 11 is 12.6. The number of imide groups is 2. The molecule has 4 aromatic rings. The molecule has 282 valence electrons. The van der Waals surface area contributed by atoms with Crippen LogP contribution in [0, 0.1) is 23.7 Å². The highest BCUT2D eigenvalue weighted by Crippen LogP contribution is 2.65. The minimum atomic E-state index is -4.76. The summed E-state index contributed by atoms with van der Waals surface area (Å²) in [6.45, 7) is 0.0599. The number of allylic oxidation sites excluding steroid dienone is 2. The van der Waals surface area contributed by atoms with Crippen LogP contribution in [0.5, 0.6) is 11.5 Å². The summed E-state index contributed by atoms with van der Waals surface area (Å²) in [5.41, 5.74) is 1.62. The smallest absolute Gasteiger partial charge is 0.417 e. The highest BCUT2D eigenvalue weighted by atomic mass is 35.5. The fraction of sp³-hybridized carbons (Fsp3) is 0.275. The van der Waals surface area contributed by atoms with Crippen LogP contribution >= 0.6 is 23.2 Å². The molecule has 0 spiro atoms. The summed E-state index contributed by atoms with van der Waals surface area (Å²) in [6.07, 6.45) is -2.28. The molecule has 8 rings (SSSR count). The van der Waals surface area contributed by atoms with Gasteiger partial charge in [0.2, 0.25) is 11.8 Å². The van der Waals surface area contributed by atoms with E-state index in [2.05, 4.69) is 10.4 Å². The van der Waals surface area contributed by atoms with E-state index in [4.69, 9.17) is 27.9 Å². The maximum atomic E-state index is 15.3. The minimum absolute atomic E-state index is 0.0574. The van der Waals surface area contributed by atoms with Gasteiger partial charge in [-0.25, -0.2) is 4.98 Å². The number of nitrogens with zero attached hydrogens (tertiary/aromatic N) is 3. The van der Waals surface area contributed by atoms with E-state index in [0.29, 0.717) is 39.2 Å². The van der Waals surface area contributed by atoms with Gasteiger partial charge in [0.25, 0.3) is 11.8 Å². The second kappa shape index (κ2) is 13.4. The molecule has 6 unspecified atom stereocenters. The average molecular weight is 792 g/mol. The van der Waals surface area contributed by atoms with Gasteiger partial charge in [-0.2, -0.15) is 18.2 Å². The predicted octanol–water partition coefficient (Wildman–Crippen LogP) is 7.31. The molecule has 3 aromatic carbocycles. The van der Waals surface area contributed by atoms with Crippen molar-refractivity contribution in [1.82, 2.24) is 14.9 Å². The molecule has 1 aromatic heterocycles. The van der Waals surface area contributed by atoms with Crippen LogP contribution in [0.15, 0.2) is 96.7 Å². The van der Waals surface area contributed by atoms with Crippen molar-refractivity contribution in [3.8, 4) is 11.5 Å². The maximum absolute atomic E-state index is 15.3. The molecular formula is C40H31Cl2F3N4O6. The molecule has 3 heterocycles. The third-order valence-corrected chi connectivity index (χ3v) is 11.9. The Labute approximate surface area is 322 Å². The van der Waals surface area contributed by atoms with Gasteiger partial charge in [-0.05, 0) is 54.2 Å². The van der Waals surface area contributed by atoms with Crippen LogP contribution in [0.1, 0.15) is 41.0 Å². The molecule has 4 amide bonds. The van der Waals surface area contributed by atoms with Gasteiger partial charge in [0.15, 0.2) is 5.82 Å². The van der Waals surface area contributed by atoms with E-state index in [-0.39, 0.29) is 42.4 Å². The fourth-order valence-electron chi connectivity index (χ4n) is 9.01. The fourth-order valence-corrected chi connectivity index (χ4v) is 9.34. The van der Waals surface area contributed by atoms with Gasteiger partial charge in [-0.1, -0.05) is 83.4 Å². The van der Waals surface area contributed by atoms with Gasteiger partial charge < -0.3 is 9.84 Å². The summed E-state index contributed by atoms with van der Waals surface area (Å²) in [7, 11) is 1.42. The number of anilines is 1. The number of hydrogen-bond acceptors (Lipinski definition) is 8. The van der Waals surface area contributed by atoms with Crippen LogP contribution in [-0.4, -0.2) is 50.7 Å². The lowest BCUT2D eigenvalue weighted by atomic mass is 9.49. The van der Waals surface area contributed by atoms with E-state index in [0.717, 1.165) is 5.56 Å². The lowest BCUT2D eigenvalue weighted by Crippen LogP contribution is -2.53. The third kappa shape index (κ3) is 5.74. The lowest BCUT2D eigenvalue weighted by molar-refractivity contribution is -0.142. The molecule has 15 heteroatoms. The number of ether oxygens (including phenoxy) is 1. The van der Waals surface area contributed by atoms with E-state index < -0.39 is 69.5 Å². The number of carbonyl (C=O) groups is 4. The highest BCUT2D eigenvalue weighted by Gasteiger charge is 2.70. The molecule has 3 fully saturated rings. The number of fused-ring (bicyclic) bond motifs is 4. The molecule has 4 aliphatic rings. The quantitative estimate of drug-likeness (QED) is 0.147. The van der Waals surface area contributed by atoms with Gasteiger partial charge in [-0.3, -0.25) is 29.5 Å². The van der Waals surface area contributed by atoms with Gasteiger partial charge in [0.05, 0.1) is 47.4 Å². The number of amides is 4. The number of hydrazine groups is 1. The Morgan fingerprint density at radius 1 is 0.945 bits per heavy atom. The standard InChI is InChI=1S/C40H31Cl2F3N4O6/c1-55-24-11-12-26(31(50)16-24)33-25-13-14-27-32(37(53)48(35(27)51)19-20-5-3-2-4-6-20)28(25)17-29-36(52)49(38(54)39(29,33)21-7-9-23(41)10-8-21)47-34-30(42)15-22(18-46-34)40(43,44)45/h2-13,15-16,18,27-29,32-33,50H,14,17,19H2,1H3,(H,46,47). The number of phenolic OH excluding ortho intramolecular Hbond substituents is 1. The van der Waals surface area contributed by atoms with Gasteiger partial charge in [0, 0.05) is 28.8 Å². The van der Waals surface area contributed by atoms with Crippen molar-refractivity contribution >= 4 is 52.6 Å². The lowest BCUT2D eigenvalue weighted by Gasteiger charge is -2.50. The monoisotopic (exact) mass is 790 g/mol. The molecule has 1 saturated carbocycles. The normalized spacial score (nSPS) is 26.1. The number of pyridine rings is 1. The van der Waals surface area contributed by atoms with Crippen molar-refractivity contribution in [3.05, 3.63) is 129 Å². The number of aromatic nitrogens is 1. The Hall–Kier alpha value is -5.40. The van der Waals surface area contributed by atoms with E-state index in [9.17, 15) is 32.7 Å². The number of benzene rings is 3. The van der Waals surface area contributed by atoms with E-state index in [1.807, 2.05) is 36.4 Å². The molecule has 0 bridgehead atoms. The zero-order valence-electron chi connectivity index (χ0n) is 28.9. The SMILES string of the molecule is COc1ccc(C2C3=CCC4C(=O)N(Cc5ccccc5)C(=O)C4C3CC3C(=O)N(Nc4ncc(C(F)(F)F)cc4Cl)C(=O)C32c2ccc(Cl)cc2)c(O)c1. The van der Waals surface area contributed by atoms with Crippen LogP contribution in [0.25, 0.3) is 0 Å². The number of nitrogens with one attached hydrogen (secondary N) is 1. The second-order valence-electron chi connectivity index (χ2n) is 14.1. The topological polar surface area (TPSA) is 129 Å². The molecule has 55 heavy (non-hydrogen) atoms. The second-order valence-corrected chi connectivity index (χ2v) is 14.9. The summed E-state index contributed by atoms with van der Waals surface area (Å²) in [4.78, 5) is 63.5. The Morgan fingerprint density at radius 3 is 2.33 bits per heavy atom. The Morgan fingerprint density at radius 2 is 1.67 bits per heavy atom. The zero-order valence-corrected chi connectivity index (χ0v) is 30.4. The Bertz CT molecular complexity index is 2290. The third-order valence-electron chi connectivity index (χ3n) is 11.4. The molecule has 6 atom stereocenters. The molecule has 2 aliphatic carbocycles. The molecule has 2 N–H and O–H groups in total. The highest BCUT2D eigenvalue weighted by molar-refractivity contribution is 6.33. The first-order valence-corrected chi connectivity index (χ1v) is 18.1. The molecule has 10 nitrogen and oxygen atoms in total. The number of likely N-dealkylation sites (tertiary alicyclic amines) is 1. The average Bonchev–Trinajstić information content (AvgIpc) is 3.53. The van der Waals surface area contributed by atoms with Crippen molar-refractivity contribution in [2.75, 3.05) is 12.5 Å². The Kier molecular flexibility index (Phi) is 8.92. The van der Waals surface area contributed by atoms with Crippen LogP contribution in [-0.2, 0) is 37.3 Å². The molecule has 2 saturated heterocycles. The van der Waals surface area contributed by atoms with Gasteiger partial charge >= 0.3 is 6.18 Å². The first kappa shape index (κ1) is 36.6. The van der Waals surface area contributed by atoms with E-state index >= 15 is 4.79 Å². The first-order chi connectivity index (χ1) is 26.2. The number of rotatable bonds is 7. The number of alkyl halides is 3. The van der Waals surface area contributed by atoms with Gasteiger partial charge in [-0.15, -0.1) is 0 Å². The summed E-state index contributed by atoms with van der Waals surface area (Å²) in [5, 5.41) is 12.2. The van der Waals surface area contributed by atoms with Crippen molar-refractivity contribution in [1.29, 1.82) is 0 Å². The molecule has 0 radical (unpaired) electrons. The summed E-state index contributed by atoms with van der Waals surface area (Å²) in [6, 6.07) is 20.6. The van der Waals surface area contributed by atoms with Crippen LogP contribution in [0.3, 0.4) is 0 Å². The number of carbonyl (C=O) groups excluding carboxylic acids is 4. The summed E-state index contributed by atoms with van der Waals surface area (Å²) < 4.78 is 45.8. The van der Waals surface area contributed by atoms with Crippen LogP contribution in [0.2, 0.25) is 10.0 Å². The number of halogens is 5. The number of methoxy groups -OCH3 is 1.